The quantitative estimate of drug-likeness (QED) is 0.784. The summed E-state index contributed by atoms with van der Waals surface area (Å²) in [6, 6.07) is -0.673. The van der Waals surface area contributed by atoms with Gasteiger partial charge in [-0.05, 0) is 0 Å². The fourth-order valence-electron chi connectivity index (χ4n) is 1.69. The molecule has 0 radical (unpaired) electrons. The Morgan fingerprint density at radius 1 is 1.42 bits per heavy atom. The van der Waals surface area contributed by atoms with Crippen LogP contribution in [0.1, 0.15) is 6.42 Å². The molecule has 110 valence electrons. The summed E-state index contributed by atoms with van der Waals surface area (Å²) in [4.78, 5) is 23.5. The lowest BCUT2D eigenvalue weighted by molar-refractivity contribution is -0.179. The van der Waals surface area contributed by atoms with Crippen LogP contribution >= 0.6 is 0 Å². The molecule has 9 heteroatoms. The molecule has 0 bridgehead atoms. The van der Waals surface area contributed by atoms with E-state index in [1.165, 1.54) is 4.90 Å². The van der Waals surface area contributed by atoms with Gasteiger partial charge in [0.2, 0.25) is 5.91 Å². The maximum Gasteiger partial charge on any atom is 0.411 e. The number of halogens is 3. The second kappa shape index (κ2) is 6.71. The zero-order valence-corrected chi connectivity index (χ0v) is 9.98. The Hall–Kier alpha value is -1.35. The highest BCUT2D eigenvalue weighted by Crippen LogP contribution is 2.15. The highest BCUT2D eigenvalue weighted by Gasteiger charge is 2.31. The van der Waals surface area contributed by atoms with Crippen molar-refractivity contribution >= 4 is 11.9 Å². The van der Waals surface area contributed by atoms with Crippen molar-refractivity contribution in [3.05, 3.63) is 0 Å². The number of nitrogens with zero attached hydrogens (tertiary/aromatic N) is 1. The summed E-state index contributed by atoms with van der Waals surface area (Å²) >= 11 is 0. The lowest BCUT2D eigenvalue weighted by Crippen LogP contribution is -2.50. The number of alkyl halides is 3. The van der Waals surface area contributed by atoms with E-state index in [0.29, 0.717) is 0 Å². The summed E-state index contributed by atoms with van der Waals surface area (Å²) in [6.45, 7) is -1.81. The van der Waals surface area contributed by atoms with Crippen LogP contribution in [-0.4, -0.2) is 67.1 Å². The van der Waals surface area contributed by atoms with Crippen LogP contribution in [0.2, 0.25) is 0 Å². The smallest absolute Gasteiger partial charge is 0.411 e. The van der Waals surface area contributed by atoms with Crippen LogP contribution in [0.4, 0.5) is 13.2 Å². The number of carboxylic acids is 1. The zero-order valence-electron chi connectivity index (χ0n) is 9.98. The molecule has 0 aromatic heterocycles. The molecule has 1 rings (SSSR count). The van der Waals surface area contributed by atoms with Gasteiger partial charge in [-0.25, -0.2) is 0 Å². The Morgan fingerprint density at radius 3 is 2.68 bits per heavy atom. The van der Waals surface area contributed by atoms with Crippen LogP contribution in [0.3, 0.4) is 0 Å². The first-order valence-corrected chi connectivity index (χ1v) is 5.53. The molecule has 0 saturated carbocycles. The van der Waals surface area contributed by atoms with E-state index in [2.05, 4.69) is 4.74 Å². The lowest BCUT2D eigenvalue weighted by atomic mass is 10.1. The van der Waals surface area contributed by atoms with Gasteiger partial charge in [-0.3, -0.25) is 9.59 Å². The molecular formula is C10H14F3NO5. The predicted molar refractivity (Wildman–Crippen MR) is 55.4 cm³/mol. The number of morpholine rings is 1. The maximum absolute atomic E-state index is 11.8. The first-order valence-electron chi connectivity index (χ1n) is 5.53. The fourth-order valence-corrected chi connectivity index (χ4v) is 1.69. The summed E-state index contributed by atoms with van der Waals surface area (Å²) in [5.41, 5.74) is 0. The van der Waals surface area contributed by atoms with Gasteiger partial charge in [0.05, 0.1) is 25.7 Å². The topological polar surface area (TPSA) is 76.1 Å². The van der Waals surface area contributed by atoms with Crippen molar-refractivity contribution in [3.8, 4) is 0 Å². The summed E-state index contributed by atoms with van der Waals surface area (Å²) in [5, 5.41) is 8.67. The molecule has 6 nitrogen and oxygen atoms in total. The van der Waals surface area contributed by atoms with Crippen molar-refractivity contribution in [2.75, 3.05) is 33.0 Å². The lowest BCUT2D eigenvalue weighted by Gasteiger charge is -2.34. The number of hydrogen-bond donors (Lipinski definition) is 1. The Balaban J connectivity index is 2.45. The minimum atomic E-state index is -4.49. The molecule has 0 spiro atoms. The van der Waals surface area contributed by atoms with E-state index < -0.39 is 37.3 Å². The molecule has 1 saturated heterocycles. The monoisotopic (exact) mass is 285 g/mol. The second-order valence-corrected chi connectivity index (χ2v) is 4.02. The number of aliphatic carboxylic acids is 1. The minimum Gasteiger partial charge on any atom is -0.481 e. The average Bonchev–Trinajstić information content (AvgIpc) is 2.27. The summed E-state index contributed by atoms with van der Waals surface area (Å²) in [5.74, 6) is -1.77. The van der Waals surface area contributed by atoms with E-state index in [1.807, 2.05) is 0 Å². The Morgan fingerprint density at radius 2 is 2.11 bits per heavy atom. The molecule has 0 unspecified atom stereocenters. The number of ether oxygens (including phenoxy) is 2. The van der Waals surface area contributed by atoms with Crippen molar-refractivity contribution in [2.24, 2.45) is 0 Å². The molecule has 0 aromatic carbocycles. The zero-order chi connectivity index (χ0) is 14.5. The van der Waals surface area contributed by atoms with Gasteiger partial charge in [-0.2, -0.15) is 13.2 Å². The van der Waals surface area contributed by atoms with Crippen LogP contribution in [0.15, 0.2) is 0 Å². The van der Waals surface area contributed by atoms with E-state index in [-0.39, 0.29) is 26.2 Å². The Bertz CT molecular complexity index is 334. The SMILES string of the molecule is O=C(O)C[C@@H]1COCCN1C(=O)COCC(F)(F)F. The van der Waals surface area contributed by atoms with Crippen LogP contribution in [0, 0.1) is 0 Å². The van der Waals surface area contributed by atoms with Crippen LogP contribution < -0.4 is 0 Å². The molecule has 0 aromatic rings. The van der Waals surface area contributed by atoms with Gasteiger partial charge < -0.3 is 19.5 Å². The normalized spacial score (nSPS) is 20.4. The summed E-state index contributed by atoms with van der Waals surface area (Å²) < 4.78 is 44.9. The average molecular weight is 285 g/mol. The highest BCUT2D eigenvalue weighted by molar-refractivity contribution is 5.79. The number of amides is 1. The molecule has 1 N–H and O–H groups in total. The van der Waals surface area contributed by atoms with E-state index in [0.717, 1.165) is 0 Å². The molecule has 1 amide bonds. The number of rotatable bonds is 5. The highest BCUT2D eigenvalue weighted by atomic mass is 19.4. The first kappa shape index (κ1) is 15.7. The van der Waals surface area contributed by atoms with Gasteiger partial charge in [0.25, 0.3) is 0 Å². The van der Waals surface area contributed by atoms with Gasteiger partial charge in [-0.1, -0.05) is 0 Å². The van der Waals surface area contributed by atoms with Crippen molar-refractivity contribution in [3.63, 3.8) is 0 Å². The van der Waals surface area contributed by atoms with Gasteiger partial charge in [-0.15, -0.1) is 0 Å². The van der Waals surface area contributed by atoms with Crippen molar-refractivity contribution in [1.29, 1.82) is 0 Å². The largest absolute Gasteiger partial charge is 0.481 e. The fraction of sp³-hybridized carbons (Fsp3) is 0.800. The molecule has 1 fully saturated rings. The third kappa shape index (κ3) is 5.88. The minimum absolute atomic E-state index is 0.0529. The van der Waals surface area contributed by atoms with Crippen LogP contribution in [0.25, 0.3) is 0 Å². The van der Waals surface area contributed by atoms with Crippen molar-refractivity contribution < 1.29 is 37.3 Å². The maximum atomic E-state index is 11.8. The number of carboxylic acid groups (broad SMARTS) is 1. The Labute approximate surface area is 107 Å². The second-order valence-electron chi connectivity index (χ2n) is 4.02. The van der Waals surface area contributed by atoms with Crippen LogP contribution in [0.5, 0.6) is 0 Å². The van der Waals surface area contributed by atoms with E-state index in [1.54, 1.807) is 0 Å². The van der Waals surface area contributed by atoms with Gasteiger partial charge in [0.1, 0.15) is 13.2 Å². The van der Waals surface area contributed by atoms with Crippen LogP contribution in [-0.2, 0) is 19.1 Å². The molecule has 19 heavy (non-hydrogen) atoms. The molecular weight excluding hydrogens is 271 g/mol. The third-order valence-electron chi connectivity index (χ3n) is 2.45. The number of carbonyl (C=O) groups is 2. The first-order chi connectivity index (χ1) is 8.79. The standard InChI is InChI=1S/C10H14F3NO5/c11-10(12,13)6-19-5-8(15)14-1-2-18-4-7(14)3-9(16)17/h7H,1-6H2,(H,16,17)/t7-/m1/s1. The van der Waals surface area contributed by atoms with E-state index in [9.17, 15) is 22.8 Å². The molecule has 1 aliphatic heterocycles. The predicted octanol–water partition coefficient (Wildman–Crippen LogP) is 0.267. The number of hydrogen-bond acceptors (Lipinski definition) is 4. The van der Waals surface area contributed by atoms with E-state index >= 15 is 0 Å². The third-order valence-corrected chi connectivity index (χ3v) is 2.45. The molecule has 1 heterocycles. The van der Waals surface area contributed by atoms with Gasteiger partial charge >= 0.3 is 12.1 Å². The molecule has 1 aliphatic rings. The molecule has 1 atom stereocenters. The number of carbonyl (C=O) groups excluding carboxylic acids is 1. The summed E-state index contributed by atoms with van der Waals surface area (Å²) in [7, 11) is 0. The Kier molecular flexibility index (Phi) is 5.55. The van der Waals surface area contributed by atoms with E-state index in [4.69, 9.17) is 9.84 Å². The van der Waals surface area contributed by atoms with Crippen molar-refractivity contribution in [1.82, 2.24) is 4.90 Å². The van der Waals surface area contributed by atoms with Gasteiger partial charge in [0, 0.05) is 6.54 Å². The summed E-state index contributed by atoms with van der Waals surface area (Å²) in [6.07, 6.45) is -4.81. The van der Waals surface area contributed by atoms with Gasteiger partial charge in [0.15, 0.2) is 0 Å². The molecule has 0 aliphatic carbocycles. The van der Waals surface area contributed by atoms with Crippen molar-refractivity contribution in [2.45, 2.75) is 18.6 Å².